The zero-order valence-electron chi connectivity index (χ0n) is 9.51. The number of anilines is 1. The van der Waals surface area contributed by atoms with E-state index in [0.717, 1.165) is 0 Å². The smallest absolute Gasteiger partial charge is 0.342 e. The van der Waals surface area contributed by atoms with Gasteiger partial charge in [0.25, 0.3) is 0 Å². The van der Waals surface area contributed by atoms with Crippen LogP contribution in [0.1, 0.15) is 21.7 Å². The van der Waals surface area contributed by atoms with Gasteiger partial charge in [-0.25, -0.2) is 9.42 Å². The van der Waals surface area contributed by atoms with Crippen molar-refractivity contribution in [3.63, 3.8) is 0 Å². The Hall–Kier alpha value is -2.08. The van der Waals surface area contributed by atoms with E-state index in [4.69, 9.17) is 22.1 Å². The first-order valence-corrected chi connectivity index (χ1v) is 5.46. The molecule has 0 spiro atoms. The van der Waals surface area contributed by atoms with Crippen LogP contribution in [0, 0.1) is 6.92 Å². The number of aryl methyl sites for hydroxylation is 1. The van der Waals surface area contributed by atoms with Crippen LogP contribution in [0.4, 0.5) is 5.69 Å². The number of hydrogen-bond acceptors (Lipinski definition) is 6. The summed E-state index contributed by atoms with van der Waals surface area (Å²) in [5, 5.41) is 7.42. The summed E-state index contributed by atoms with van der Waals surface area (Å²) >= 11 is 5.89. The molecular weight excluding hydrogens is 258 g/mol. The minimum absolute atomic E-state index is 0.0428. The number of rotatable bonds is 3. The number of hydrogen-bond donors (Lipinski definition) is 1. The van der Waals surface area contributed by atoms with Gasteiger partial charge in [0.15, 0.2) is 0 Å². The number of nitrogens with two attached hydrogens (primary N) is 1. The summed E-state index contributed by atoms with van der Waals surface area (Å²) in [7, 11) is 0. The third-order valence-corrected chi connectivity index (χ3v) is 2.65. The molecule has 0 aliphatic heterocycles. The van der Waals surface area contributed by atoms with Crippen molar-refractivity contribution in [3.05, 3.63) is 40.2 Å². The van der Waals surface area contributed by atoms with Gasteiger partial charge in [-0.3, -0.25) is 0 Å². The number of carbonyl (C=O) groups excluding carboxylic acids is 1. The van der Waals surface area contributed by atoms with Crippen LogP contribution in [0.3, 0.4) is 0 Å². The van der Waals surface area contributed by atoms with Gasteiger partial charge < -0.3 is 10.5 Å². The second-order valence-corrected chi connectivity index (χ2v) is 3.98. The first-order valence-electron chi connectivity index (χ1n) is 5.08. The molecule has 0 saturated heterocycles. The molecule has 0 bridgehead atoms. The fourth-order valence-corrected chi connectivity index (χ4v) is 1.60. The zero-order valence-corrected chi connectivity index (χ0v) is 10.3. The van der Waals surface area contributed by atoms with Crippen molar-refractivity contribution in [2.75, 3.05) is 5.73 Å². The van der Waals surface area contributed by atoms with Gasteiger partial charge in [0, 0.05) is 5.69 Å². The number of aromatic nitrogens is 2. The number of benzene rings is 1. The molecule has 7 heteroatoms. The number of halogens is 1. The number of nitrogens with zero attached hydrogens (tertiary/aromatic N) is 2. The normalized spacial score (nSPS) is 10.3. The average Bonchev–Trinajstić information content (AvgIpc) is 2.72. The molecule has 0 fully saturated rings. The van der Waals surface area contributed by atoms with Crippen molar-refractivity contribution in [2.24, 2.45) is 0 Å². The summed E-state index contributed by atoms with van der Waals surface area (Å²) in [5.74, 6) is -0.611. The number of esters is 1. The quantitative estimate of drug-likeness (QED) is 0.675. The van der Waals surface area contributed by atoms with E-state index in [2.05, 4.69) is 14.9 Å². The maximum Gasteiger partial charge on any atom is 0.342 e. The van der Waals surface area contributed by atoms with Gasteiger partial charge in [-0.15, -0.1) is 0 Å². The highest BCUT2D eigenvalue weighted by Crippen LogP contribution is 2.23. The van der Waals surface area contributed by atoms with Crippen LogP contribution in [0.2, 0.25) is 5.02 Å². The van der Waals surface area contributed by atoms with Crippen LogP contribution in [0.15, 0.2) is 22.8 Å². The van der Waals surface area contributed by atoms with Gasteiger partial charge in [0.1, 0.15) is 23.6 Å². The molecule has 1 aromatic heterocycles. The van der Waals surface area contributed by atoms with E-state index >= 15 is 0 Å². The lowest BCUT2D eigenvalue weighted by Crippen LogP contribution is -2.09. The minimum Gasteiger partial charge on any atom is -0.455 e. The Morgan fingerprint density at radius 3 is 2.89 bits per heavy atom. The Morgan fingerprint density at radius 2 is 2.28 bits per heavy atom. The van der Waals surface area contributed by atoms with Crippen LogP contribution < -0.4 is 5.73 Å². The van der Waals surface area contributed by atoms with E-state index in [0.29, 0.717) is 11.4 Å². The van der Waals surface area contributed by atoms with Gasteiger partial charge in [-0.05, 0) is 19.1 Å². The molecule has 2 N–H and O–H groups in total. The van der Waals surface area contributed by atoms with Crippen LogP contribution in [-0.2, 0) is 11.3 Å². The fourth-order valence-electron chi connectivity index (χ4n) is 1.34. The topological polar surface area (TPSA) is 91.2 Å². The van der Waals surface area contributed by atoms with E-state index in [1.807, 2.05) is 0 Å². The Kier molecular flexibility index (Phi) is 3.47. The molecule has 6 nitrogen and oxygen atoms in total. The number of carbonyl (C=O) groups is 1. The molecule has 2 aromatic rings. The fraction of sp³-hybridized carbons (Fsp3) is 0.182. The van der Waals surface area contributed by atoms with Gasteiger partial charge in [-0.1, -0.05) is 28.0 Å². The second-order valence-electron chi connectivity index (χ2n) is 3.58. The van der Waals surface area contributed by atoms with Crippen molar-refractivity contribution in [2.45, 2.75) is 13.5 Å². The third-order valence-electron chi connectivity index (χ3n) is 2.34. The molecule has 0 unspecified atom stereocenters. The van der Waals surface area contributed by atoms with Crippen molar-refractivity contribution < 1.29 is 14.2 Å². The van der Waals surface area contributed by atoms with Crippen LogP contribution in [-0.4, -0.2) is 16.3 Å². The lowest BCUT2D eigenvalue weighted by molar-refractivity contribution is 0.0465. The van der Waals surface area contributed by atoms with Crippen molar-refractivity contribution in [1.29, 1.82) is 0 Å². The lowest BCUT2D eigenvalue weighted by atomic mass is 10.2. The summed E-state index contributed by atoms with van der Waals surface area (Å²) in [4.78, 5) is 11.8. The van der Waals surface area contributed by atoms with Crippen LogP contribution in [0.5, 0.6) is 0 Å². The molecule has 1 heterocycles. The molecule has 0 saturated carbocycles. The van der Waals surface area contributed by atoms with E-state index in [1.54, 1.807) is 25.1 Å². The Balaban J connectivity index is 2.11. The molecule has 1 aromatic carbocycles. The number of ether oxygens (including phenoxy) is 1. The summed E-state index contributed by atoms with van der Waals surface area (Å²) in [5.41, 5.74) is 7.10. The molecule has 94 valence electrons. The first kappa shape index (κ1) is 12.4. The first-order chi connectivity index (χ1) is 8.59. The predicted molar refractivity (Wildman–Crippen MR) is 64.0 cm³/mol. The van der Waals surface area contributed by atoms with Crippen molar-refractivity contribution in [3.8, 4) is 0 Å². The minimum atomic E-state index is -0.611. The molecule has 0 amide bonds. The highest BCUT2D eigenvalue weighted by molar-refractivity contribution is 6.34. The van der Waals surface area contributed by atoms with E-state index < -0.39 is 5.97 Å². The maximum atomic E-state index is 11.8. The van der Waals surface area contributed by atoms with E-state index in [9.17, 15) is 4.79 Å². The predicted octanol–water partition coefficient (Wildman–Crippen LogP) is 1.97. The molecular formula is C11H10ClN3O3. The Labute approximate surface area is 108 Å². The zero-order chi connectivity index (χ0) is 13.1. The highest BCUT2D eigenvalue weighted by atomic mass is 35.5. The van der Waals surface area contributed by atoms with Crippen molar-refractivity contribution >= 4 is 23.3 Å². The number of nitrogen functional groups attached to an aromatic ring is 1. The van der Waals surface area contributed by atoms with Gasteiger partial charge in [0.2, 0.25) is 0 Å². The molecule has 18 heavy (non-hydrogen) atoms. The molecule has 0 aliphatic rings. The van der Waals surface area contributed by atoms with E-state index in [-0.39, 0.29) is 22.9 Å². The second kappa shape index (κ2) is 5.05. The SMILES string of the molecule is Cc1nonc1COC(=O)c1c(N)cccc1Cl. The standard InChI is InChI=1S/C11H10ClN3O3/c1-6-9(15-18-14-6)5-17-11(16)10-7(12)3-2-4-8(10)13/h2-4H,5,13H2,1H3. The summed E-state index contributed by atoms with van der Waals surface area (Å²) in [6.07, 6.45) is 0. The molecule has 0 radical (unpaired) electrons. The summed E-state index contributed by atoms with van der Waals surface area (Å²) in [6, 6.07) is 4.79. The van der Waals surface area contributed by atoms with Crippen LogP contribution >= 0.6 is 11.6 Å². The third kappa shape index (κ3) is 2.43. The summed E-state index contributed by atoms with van der Waals surface area (Å²) < 4.78 is 9.54. The lowest BCUT2D eigenvalue weighted by Gasteiger charge is -2.07. The van der Waals surface area contributed by atoms with E-state index in [1.165, 1.54) is 0 Å². The summed E-state index contributed by atoms with van der Waals surface area (Å²) in [6.45, 7) is 1.66. The average molecular weight is 268 g/mol. The maximum absolute atomic E-state index is 11.8. The largest absolute Gasteiger partial charge is 0.455 e. The Morgan fingerprint density at radius 1 is 1.50 bits per heavy atom. The highest BCUT2D eigenvalue weighted by Gasteiger charge is 2.16. The Bertz CT molecular complexity index is 562. The van der Waals surface area contributed by atoms with Gasteiger partial charge in [-0.2, -0.15) is 0 Å². The van der Waals surface area contributed by atoms with Gasteiger partial charge in [0.05, 0.1) is 5.02 Å². The van der Waals surface area contributed by atoms with Crippen LogP contribution in [0.25, 0.3) is 0 Å². The molecule has 2 rings (SSSR count). The monoisotopic (exact) mass is 267 g/mol. The molecule has 0 atom stereocenters. The van der Waals surface area contributed by atoms with Gasteiger partial charge >= 0.3 is 5.97 Å². The molecule has 0 aliphatic carbocycles. The van der Waals surface area contributed by atoms with Crippen molar-refractivity contribution in [1.82, 2.24) is 10.3 Å².